The molecule has 0 saturated carbocycles. The van der Waals surface area contributed by atoms with E-state index in [0.717, 1.165) is 23.6 Å². The maximum Gasteiger partial charge on any atom is 0.177 e. The van der Waals surface area contributed by atoms with Gasteiger partial charge in [-0.25, -0.2) is 8.42 Å². The summed E-state index contributed by atoms with van der Waals surface area (Å²) in [7, 11) is -1.29. The molecule has 1 atom stereocenters. The summed E-state index contributed by atoms with van der Waals surface area (Å²) in [5.74, 6) is 2.22. The molecule has 0 amide bonds. The molecule has 1 aliphatic rings. The molecule has 1 fully saturated rings. The zero-order chi connectivity index (χ0) is 13.3. The predicted molar refractivity (Wildman–Crippen MR) is 78.1 cm³/mol. The molecule has 6 heteroatoms. The topological polar surface area (TPSA) is 63.4 Å². The average molecular weight is 286 g/mol. The second-order valence-electron chi connectivity index (χ2n) is 4.59. The van der Waals surface area contributed by atoms with E-state index < -0.39 is 9.84 Å². The lowest BCUT2D eigenvalue weighted by atomic mass is 10.2. The molecule has 0 bridgehead atoms. The number of thioether (sulfide) groups is 1. The Bertz CT molecular complexity index is 537. The third-order valence-corrected chi connectivity index (χ3v) is 5.58. The lowest BCUT2D eigenvalue weighted by Crippen LogP contribution is -2.32. The quantitative estimate of drug-likeness (QED) is 0.855. The first-order chi connectivity index (χ1) is 8.41. The van der Waals surface area contributed by atoms with Gasteiger partial charge < -0.3 is 10.6 Å². The van der Waals surface area contributed by atoms with Crippen molar-refractivity contribution in [2.24, 2.45) is 0 Å². The van der Waals surface area contributed by atoms with Gasteiger partial charge in [-0.15, -0.1) is 0 Å². The smallest absolute Gasteiger partial charge is 0.177 e. The van der Waals surface area contributed by atoms with Crippen LogP contribution < -0.4 is 10.6 Å². The molecule has 0 spiro atoms. The molecule has 4 nitrogen and oxygen atoms in total. The Balaban J connectivity index is 2.39. The van der Waals surface area contributed by atoms with Gasteiger partial charge in [0.2, 0.25) is 0 Å². The van der Waals surface area contributed by atoms with Crippen molar-refractivity contribution >= 4 is 33.0 Å². The largest absolute Gasteiger partial charge is 0.396 e. The molecule has 100 valence electrons. The Kier molecular flexibility index (Phi) is 3.77. The summed E-state index contributed by atoms with van der Waals surface area (Å²) >= 11 is 1.92. The van der Waals surface area contributed by atoms with Crippen LogP contribution in [0.15, 0.2) is 23.1 Å². The maximum atomic E-state index is 11.6. The van der Waals surface area contributed by atoms with E-state index in [-0.39, 0.29) is 4.90 Å². The summed E-state index contributed by atoms with van der Waals surface area (Å²) in [4.78, 5) is 2.32. The summed E-state index contributed by atoms with van der Waals surface area (Å²) in [6.07, 6.45) is 2.30. The van der Waals surface area contributed by atoms with Crippen LogP contribution in [-0.2, 0) is 9.84 Å². The van der Waals surface area contributed by atoms with Crippen molar-refractivity contribution < 1.29 is 8.42 Å². The number of sulfone groups is 1. The lowest BCUT2D eigenvalue weighted by Gasteiger charge is -2.27. The van der Waals surface area contributed by atoms with E-state index in [9.17, 15) is 8.42 Å². The molecule has 1 unspecified atom stereocenters. The normalized spacial score (nSPS) is 20.0. The van der Waals surface area contributed by atoms with Gasteiger partial charge in [0, 0.05) is 25.1 Å². The van der Waals surface area contributed by atoms with E-state index in [1.54, 1.807) is 12.1 Å². The molecule has 1 aliphatic heterocycles. The number of para-hydroxylation sites is 1. The van der Waals surface area contributed by atoms with Crippen LogP contribution >= 0.6 is 11.8 Å². The number of hydrogen-bond donors (Lipinski definition) is 1. The van der Waals surface area contributed by atoms with Gasteiger partial charge in [0.05, 0.1) is 16.3 Å². The van der Waals surface area contributed by atoms with E-state index in [2.05, 4.69) is 4.90 Å². The highest BCUT2D eigenvalue weighted by molar-refractivity contribution is 7.99. The minimum Gasteiger partial charge on any atom is -0.396 e. The van der Waals surface area contributed by atoms with Gasteiger partial charge >= 0.3 is 0 Å². The molecular formula is C12H18N2O2S2. The second-order valence-corrected chi connectivity index (χ2v) is 7.72. The average Bonchev–Trinajstić information content (AvgIpc) is 2.80. The second kappa shape index (κ2) is 5.01. The minimum atomic E-state index is -3.27. The highest BCUT2D eigenvalue weighted by Gasteiger charge is 2.23. The van der Waals surface area contributed by atoms with Crippen LogP contribution in [0.5, 0.6) is 0 Å². The molecular weight excluding hydrogens is 268 g/mol. The molecule has 1 heterocycles. The third-order valence-electron chi connectivity index (χ3n) is 3.28. The number of nitrogens with zero attached hydrogens (tertiary/aromatic N) is 1. The molecule has 2 rings (SSSR count). The van der Waals surface area contributed by atoms with E-state index in [0.29, 0.717) is 11.7 Å². The van der Waals surface area contributed by atoms with Crippen LogP contribution in [0.1, 0.15) is 6.42 Å². The van der Waals surface area contributed by atoms with E-state index in [1.807, 2.05) is 24.9 Å². The van der Waals surface area contributed by atoms with Crippen LogP contribution in [0.4, 0.5) is 11.4 Å². The van der Waals surface area contributed by atoms with Crippen LogP contribution in [0.3, 0.4) is 0 Å². The Morgan fingerprint density at radius 1 is 1.44 bits per heavy atom. The van der Waals surface area contributed by atoms with Crippen molar-refractivity contribution in [2.45, 2.75) is 17.4 Å². The van der Waals surface area contributed by atoms with Gasteiger partial charge in [0.1, 0.15) is 0 Å². The van der Waals surface area contributed by atoms with Gasteiger partial charge in [-0.05, 0) is 24.3 Å². The van der Waals surface area contributed by atoms with Crippen molar-refractivity contribution in [2.75, 3.05) is 35.4 Å². The van der Waals surface area contributed by atoms with Gasteiger partial charge in [0.25, 0.3) is 0 Å². The standard InChI is InChI=1S/C12H18N2O2S2/c1-14(9-6-7-17-8-9)10-4-3-5-11(12(10)13)18(2,15)16/h3-5,9H,6-8,13H2,1-2H3. The number of anilines is 2. The minimum absolute atomic E-state index is 0.220. The van der Waals surface area contributed by atoms with Crippen molar-refractivity contribution in [3.05, 3.63) is 18.2 Å². The number of hydrogen-bond acceptors (Lipinski definition) is 5. The third kappa shape index (κ3) is 2.59. The molecule has 1 aromatic carbocycles. The highest BCUT2D eigenvalue weighted by atomic mass is 32.2. The number of rotatable bonds is 3. The molecule has 0 radical (unpaired) electrons. The number of nitrogens with two attached hydrogens (primary N) is 1. The van der Waals surface area contributed by atoms with Crippen molar-refractivity contribution in [1.29, 1.82) is 0 Å². The van der Waals surface area contributed by atoms with Gasteiger partial charge in [0.15, 0.2) is 9.84 Å². The van der Waals surface area contributed by atoms with Crippen LogP contribution in [0.2, 0.25) is 0 Å². The Hall–Kier alpha value is -0.880. The zero-order valence-electron chi connectivity index (χ0n) is 10.6. The van der Waals surface area contributed by atoms with Crippen LogP contribution in [0.25, 0.3) is 0 Å². The molecule has 0 aromatic heterocycles. The summed E-state index contributed by atoms with van der Waals surface area (Å²) in [5, 5.41) is 0. The van der Waals surface area contributed by atoms with Gasteiger partial charge in [-0.1, -0.05) is 6.07 Å². The first-order valence-corrected chi connectivity index (χ1v) is 8.85. The monoisotopic (exact) mass is 286 g/mol. The highest BCUT2D eigenvalue weighted by Crippen LogP contribution is 2.33. The van der Waals surface area contributed by atoms with Crippen LogP contribution in [0, 0.1) is 0 Å². The molecule has 0 aliphatic carbocycles. The van der Waals surface area contributed by atoms with E-state index in [1.165, 1.54) is 6.26 Å². The summed E-state index contributed by atoms with van der Waals surface area (Å²) < 4.78 is 23.3. The van der Waals surface area contributed by atoms with Gasteiger partial charge in [-0.3, -0.25) is 0 Å². The number of benzene rings is 1. The fraction of sp³-hybridized carbons (Fsp3) is 0.500. The Morgan fingerprint density at radius 2 is 2.17 bits per heavy atom. The fourth-order valence-corrected chi connectivity index (χ4v) is 4.29. The van der Waals surface area contributed by atoms with Crippen molar-refractivity contribution in [3.8, 4) is 0 Å². The SMILES string of the molecule is CN(c1cccc(S(C)(=O)=O)c1N)C1CCSC1. The molecule has 2 N–H and O–H groups in total. The van der Waals surface area contributed by atoms with Crippen molar-refractivity contribution in [1.82, 2.24) is 0 Å². The summed E-state index contributed by atoms with van der Waals surface area (Å²) in [5.41, 5.74) is 7.18. The number of nitrogen functional groups attached to an aromatic ring is 1. The Morgan fingerprint density at radius 3 is 2.72 bits per heavy atom. The summed E-state index contributed by atoms with van der Waals surface area (Å²) in [6, 6.07) is 5.63. The Labute approximate surface area is 112 Å². The van der Waals surface area contributed by atoms with E-state index in [4.69, 9.17) is 5.73 Å². The van der Waals surface area contributed by atoms with E-state index >= 15 is 0 Å². The van der Waals surface area contributed by atoms with Crippen molar-refractivity contribution in [3.63, 3.8) is 0 Å². The lowest BCUT2D eigenvalue weighted by molar-refractivity contribution is 0.602. The fourth-order valence-electron chi connectivity index (χ4n) is 2.19. The first kappa shape index (κ1) is 13.5. The summed E-state index contributed by atoms with van der Waals surface area (Å²) in [6.45, 7) is 0. The maximum absolute atomic E-state index is 11.6. The zero-order valence-corrected chi connectivity index (χ0v) is 12.2. The van der Waals surface area contributed by atoms with Crippen LogP contribution in [-0.4, -0.2) is 39.3 Å². The molecule has 1 saturated heterocycles. The van der Waals surface area contributed by atoms with Gasteiger partial charge in [-0.2, -0.15) is 11.8 Å². The first-order valence-electron chi connectivity index (χ1n) is 5.80. The molecule has 18 heavy (non-hydrogen) atoms. The predicted octanol–water partition coefficient (Wildman–Crippen LogP) is 1.61. The molecule has 1 aromatic rings.